The first-order valence-corrected chi connectivity index (χ1v) is 8.65. The van der Waals surface area contributed by atoms with Crippen LogP contribution < -0.4 is 10.5 Å². The largest absolute Gasteiger partial charge is 0.479 e. The van der Waals surface area contributed by atoms with Crippen LogP contribution in [0, 0.1) is 0 Å². The molecule has 0 fully saturated rings. The Labute approximate surface area is 135 Å². The number of rotatable bonds is 5. The summed E-state index contributed by atoms with van der Waals surface area (Å²) in [6.07, 6.45) is 2.68. The number of carbonyl (C=O) groups excluding carboxylic acids is 1. The van der Waals surface area contributed by atoms with Crippen LogP contribution in [0.4, 0.5) is 5.69 Å². The summed E-state index contributed by atoms with van der Waals surface area (Å²) >= 11 is 0.836. The molecular weight excluding hydrogens is 344 g/mol. The van der Waals surface area contributed by atoms with E-state index < -0.39 is 27.4 Å². The van der Waals surface area contributed by atoms with E-state index in [4.69, 9.17) is 10.2 Å². The molecule has 11 heteroatoms. The molecule has 23 heavy (non-hydrogen) atoms. The van der Waals surface area contributed by atoms with E-state index in [0.29, 0.717) is 0 Å². The maximum atomic E-state index is 12.1. The van der Waals surface area contributed by atoms with Crippen molar-refractivity contribution < 1.29 is 23.1 Å². The number of thiophene rings is 1. The minimum atomic E-state index is -3.86. The molecular formula is C12H14N4O5S2. The zero-order valence-electron chi connectivity index (χ0n) is 12.2. The SMILES string of the molecule is CC(C)(C(=O)O)n1cc(NC(=O)c2csc(S(N)(=O)=O)c2)cn1. The van der Waals surface area contributed by atoms with Crippen LogP contribution in [0.5, 0.6) is 0 Å². The Kier molecular flexibility index (Phi) is 4.28. The molecule has 0 aliphatic heterocycles. The molecule has 9 nitrogen and oxygen atoms in total. The van der Waals surface area contributed by atoms with Crippen LogP contribution in [0.2, 0.25) is 0 Å². The molecule has 0 aliphatic carbocycles. The molecule has 0 radical (unpaired) electrons. The Balaban J connectivity index is 2.17. The van der Waals surface area contributed by atoms with E-state index in [2.05, 4.69) is 10.4 Å². The second kappa shape index (κ2) is 5.76. The van der Waals surface area contributed by atoms with Crippen LogP contribution in [0.15, 0.2) is 28.0 Å². The monoisotopic (exact) mass is 358 g/mol. The summed E-state index contributed by atoms with van der Waals surface area (Å²) < 4.78 is 23.5. The zero-order valence-corrected chi connectivity index (χ0v) is 13.8. The van der Waals surface area contributed by atoms with Crippen LogP contribution in [0.3, 0.4) is 0 Å². The van der Waals surface area contributed by atoms with Gasteiger partial charge in [0, 0.05) is 11.6 Å². The highest BCUT2D eigenvalue weighted by atomic mass is 32.2. The number of carboxylic acid groups (broad SMARTS) is 1. The molecule has 0 unspecified atom stereocenters. The van der Waals surface area contributed by atoms with Gasteiger partial charge >= 0.3 is 5.97 Å². The lowest BCUT2D eigenvalue weighted by atomic mass is 10.1. The fraction of sp³-hybridized carbons (Fsp3) is 0.250. The number of sulfonamides is 1. The number of aromatic nitrogens is 2. The molecule has 0 aliphatic rings. The van der Waals surface area contributed by atoms with Crippen molar-refractivity contribution in [3.8, 4) is 0 Å². The highest BCUT2D eigenvalue weighted by Gasteiger charge is 2.30. The molecule has 0 atom stereocenters. The van der Waals surface area contributed by atoms with Crippen molar-refractivity contribution in [2.24, 2.45) is 5.14 Å². The lowest BCUT2D eigenvalue weighted by Crippen LogP contribution is -2.35. The molecule has 0 spiro atoms. The Morgan fingerprint density at radius 3 is 2.61 bits per heavy atom. The van der Waals surface area contributed by atoms with Gasteiger partial charge in [0.1, 0.15) is 4.21 Å². The molecule has 0 aromatic carbocycles. The van der Waals surface area contributed by atoms with Crippen LogP contribution in [0.1, 0.15) is 24.2 Å². The second-order valence-electron chi connectivity index (χ2n) is 5.19. The first kappa shape index (κ1) is 17.1. The van der Waals surface area contributed by atoms with E-state index in [0.717, 1.165) is 11.3 Å². The van der Waals surface area contributed by atoms with Crippen molar-refractivity contribution in [1.29, 1.82) is 0 Å². The Morgan fingerprint density at radius 2 is 2.09 bits per heavy atom. The van der Waals surface area contributed by atoms with Crippen molar-refractivity contribution in [2.75, 3.05) is 5.32 Å². The number of amides is 1. The number of hydrogen-bond acceptors (Lipinski definition) is 6. The summed E-state index contributed by atoms with van der Waals surface area (Å²) in [4.78, 5) is 23.2. The van der Waals surface area contributed by atoms with Gasteiger partial charge in [-0.05, 0) is 19.9 Å². The lowest BCUT2D eigenvalue weighted by molar-refractivity contribution is -0.146. The highest BCUT2D eigenvalue weighted by molar-refractivity contribution is 7.91. The van der Waals surface area contributed by atoms with Gasteiger partial charge in [-0.3, -0.25) is 9.48 Å². The lowest BCUT2D eigenvalue weighted by Gasteiger charge is -2.19. The Morgan fingerprint density at radius 1 is 1.43 bits per heavy atom. The number of anilines is 1. The molecule has 2 rings (SSSR count). The maximum Gasteiger partial charge on any atom is 0.331 e. The third kappa shape index (κ3) is 3.57. The van der Waals surface area contributed by atoms with E-state index in [1.807, 2.05) is 0 Å². The summed E-state index contributed by atoms with van der Waals surface area (Å²) in [5, 5.41) is 21.9. The Hall–Kier alpha value is -2.24. The summed E-state index contributed by atoms with van der Waals surface area (Å²) in [5.41, 5.74) is -0.858. The zero-order chi connectivity index (χ0) is 17.4. The average Bonchev–Trinajstić information content (AvgIpc) is 3.06. The standard InChI is InChI=1S/C12H14N4O5S2/c1-12(2,11(18)19)16-5-8(4-14-16)15-10(17)7-3-9(22-6-7)23(13,20)21/h3-6H,1-2H3,(H,15,17)(H,18,19)(H2,13,20,21). The van der Waals surface area contributed by atoms with Crippen LogP contribution in [-0.4, -0.2) is 35.2 Å². The fourth-order valence-electron chi connectivity index (χ4n) is 1.58. The first-order valence-electron chi connectivity index (χ1n) is 6.23. The van der Waals surface area contributed by atoms with Gasteiger partial charge in [0.15, 0.2) is 5.54 Å². The number of primary sulfonamides is 1. The molecule has 0 saturated carbocycles. The van der Waals surface area contributed by atoms with Crippen molar-refractivity contribution in [2.45, 2.75) is 23.6 Å². The number of nitrogens with two attached hydrogens (primary N) is 1. The van der Waals surface area contributed by atoms with Crippen LogP contribution >= 0.6 is 11.3 Å². The molecule has 2 aromatic rings. The fourth-order valence-corrected chi connectivity index (χ4v) is 3.16. The summed E-state index contributed by atoms with van der Waals surface area (Å²) in [5.74, 6) is -1.63. The topological polar surface area (TPSA) is 144 Å². The quantitative estimate of drug-likeness (QED) is 0.716. The van der Waals surface area contributed by atoms with Gasteiger partial charge in [0.05, 0.1) is 17.4 Å². The molecule has 2 heterocycles. The molecule has 2 aromatic heterocycles. The molecule has 124 valence electrons. The Bertz CT molecular complexity index is 866. The van der Waals surface area contributed by atoms with Crippen LogP contribution in [-0.2, 0) is 20.4 Å². The van der Waals surface area contributed by atoms with Crippen molar-refractivity contribution in [1.82, 2.24) is 9.78 Å². The number of nitrogens with zero attached hydrogens (tertiary/aromatic N) is 2. The van der Waals surface area contributed by atoms with E-state index in [1.54, 1.807) is 0 Å². The summed E-state index contributed by atoms with van der Waals surface area (Å²) in [7, 11) is -3.86. The number of carbonyl (C=O) groups is 2. The molecule has 1 amide bonds. The number of carboxylic acids is 1. The normalized spacial score (nSPS) is 12.1. The predicted molar refractivity (Wildman–Crippen MR) is 82.8 cm³/mol. The summed E-state index contributed by atoms with van der Waals surface area (Å²) in [6, 6.07) is 1.17. The third-order valence-electron chi connectivity index (χ3n) is 3.05. The molecule has 0 bridgehead atoms. The first-order chi connectivity index (χ1) is 10.5. The highest BCUT2D eigenvalue weighted by Crippen LogP contribution is 2.21. The van der Waals surface area contributed by atoms with Crippen LogP contribution in [0.25, 0.3) is 0 Å². The molecule has 0 saturated heterocycles. The van der Waals surface area contributed by atoms with Gasteiger partial charge in [-0.25, -0.2) is 18.4 Å². The van der Waals surface area contributed by atoms with Gasteiger partial charge in [0.2, 0.25) is 10.0 Å². The average molecular weight is 358 g/mol. The van der Waals surface area contributed by atoms with E-state index >= 15 is 0 Å². The summed E-state index contributed by atoms with van der Waals surface area (Å²) in [6.45, 7) is 2.93. The smallest absolute Gasteiger partial charge is 0.331 e. The van der Waals surface area contributed by atoms with E-state index in [1.165, 1.54) is 42.4 Å². The minimum Gasteiger partial charge on any atom is -0.479 e. The van der Waals surface area contributed by atoms with E-state index in [-0.39, 0.29) is 15.5 Å². The van der Waals surface area contributed by atoms with Gasteiger partial charge in [-0.15, -0.1) is 11.3 Å². The third-order valence-corrected chi connectivity index (χ3v) is 5.44. The van der Waals surface area contributed by atoms with Gasteiger partial charge in [-0.1, -0.05) is 0 Å². The van der Waals surface area contributed by atoms with Crippen molar-refractivity contribution in [3.05, 3.63) is 29.4 Å². The van der Waals surface area contributed by atoms with E-state index in [9.17, 15) is 18.0 Å². The van der Waals surface area contributed by atoms with Gasteiger partial charge in [-0.2, -0.15) is 5.10 Å². The van der Waals surface area contributed by atoms with Crippen molar-refractivity contribution in [3.63, 3.8) is 0 Å². The number of aliphatic carboxylic acids is 1. The number of hydrogen-bond donors (Lipinski definition) is 3. The van der Waals surface area contributed by atoms with Gasteiger partial charge < -0.3 is 10.4 Å². The minimum absolute atomic E-state index is 0.120. The van der Waals surface area contributed by atoms with Gasteiger partial charge in [0.25, 0.3) is 5.91 Å². The number of nitrogens with one attached hydrogen (secondary N) is 1. The maximum absolute atomic E-state index is 12.1. The molecule has 4 N–H and O–H groups in total. The van der Waals surface area contributed by atoms with Crippen molar-refractivity contribution >= 4 is 38.9 Å². The second-order valence-corrected chi connectivity index (χ2v) is 7.89. The predicted octanol–water partition coefficient (Wildman–Crippen LogP) is 0.664.